The number of nitrogen functional groups attached to an aromatic ring is 1. The SMILES string of the molecule is Cc1ccc(C(=O)NCc2cccc(N)c2)cc1F. The van der Waals surface area contributed by atoms with Crippen molar-refractivity contribution in [3.63, 3.8) is 0 Å². The quantitative estimate of drug-likeness (QED) is 0.831. The number of nitrogens with one attached hydrogen (secondary N) is 1. The van der Waals surface area contributed by atoms with Crippen LogP contribution in [-0.2, 0) is 6.54 Å². The van der Waals surface area contributed by atoms with Crippen LogP contribution in [-0.4, -0.2) is 5.91 Å². The molecule has 0 aliphatic heterocycles. The van der Waals surface area contributed by atoms with Crippen LogP contribution in [0, 0.1) is 12.7 Å². The van der Waals surface area contributed by atoms with Crippen molar-refractivity contribution in [3.8, 4) is 0 Å². The Labute approximate surface area is 111 Å². The topological polar surface area (TPSA) is 55.1 Å². The van der Waals surface area contributed by atoms with Crippen LogP contribution < -0.4 is 11.1 Å². The summed E-state index contributed by atoms with van der Waals surface area (Å²) in [6, 6.07) is 11.7. The van der Waals surface area contributed by atoms with Gasteiger partial charge in [0.2, 0.25) is 0 Å². The molecule has 0 saturated carbocycles. The molecule has 0 unspecified atom stereocenters. The molecule has 0 bridgehead atoms. The second-order valence-corrected chi connectivity index (χ2v) is 4.39. The van der Waals surface area contributed by atoms with E-state index in [-0.39, 0.29) is 11.7 Å². The molecule has 98 valence electrons. The molecule has 0 heterocycles. The highest BCUT2D eigenvalue weighted by molar-refractivity contribution is 5.94. The summed E-state index contributed by atoms with van der Waals surface area (Å²) in [5, 5.41) is 2.73. The molecule has 2 aromatic carbocycles. The first kappa shape index (κ1) is 13.1. The van der Waals surface area contributed by atoms with Gasteiger partial charge in [-0.1, -0.05) is 18.2 Å². The monoisotopic (exact) mass is 258 g/mol. The number of hydrogen-bond donors (Lipinski definition) is 2. The van der Waals surface area contributed by atoms with Crippen LogP contribution in [0.4, 0.5) is 10.1 Å². The molecule has 0 atom stereocenters. The van der Waals surface area contributed by atoms with Gasteiger partial charge >= 0.3 is 0 Å². The highest BCUT2D eigenvalue weighted by Gasteiger charge is 2.07. The van der Waals surface area contributed by atoms with Crippen molar-refractivity contribution in [2.75, 3.05) is 5.73 Å². The summed E-state index contributed by atoms with van der Waals surface area (Å²) in [5.74, 6) is -0.682. The van der Waals surface area contributed by atoms with Crippen molar-refractivity contribution >= 4 is 11.6 Å². The Hall–Kier alpha value is -2.36. The summed E-state index contributed by atoms with van der Waals surface area (Å²) in [4.78, 5) is 11.9. The zero-order valence-electron chi connectivity index (χ0n) is 10.6. The van der Waals surface area contributed by atoms with Gasteiger partial charge in [-0.25, -0.2) is 4.39 Å². The third kappa shape index (κ3) is 3.31. The molecular weight excluding hydrogens is 243 g/mol. The van der Waals surface area contributed by atoms with E-state index in [9.17, 15) is 9.18 Å². The van der Waals surface area contributed by atoms with Crippen molar-refractivity contribution in [3.05, 3.63) is 65.0 Å². The lowest BCUT2D eigenvalue weighted by Gasteiger charge is -2.07. The predicted molar refractivity (Wildman–Crippen MR) is 73.2 cm³/mol. The van der Waals surface area contributed by atoms with Crippen LogP contribution in [0.2, 0.25) is 0 Å². The zero-order chi connectivity index (χ0) is 13.8. The summed E-state index contributed by atoms with van der Waals surface area (Å²) < 4.78 is 13.4. The van der Waals surface area contributed by atoms with Crippen LogP contribution in [0.15, 0.2) is 42.5 Å². The van der Waals surface area contributed by atoms with Gasteiger partial charge < -0.3 is 11.1 Å². The van der Waals surface area contributed by atoms with Crippen LogP contribution in [0.5, 0.6) is 0 Å². The third-order valence-electron chi connectivity index (χ3n) is 2.84. The minimum atomic E-state index is -0.378. The molecule has 2 aromatic rings. The average Bonchev–Trinajstić information content (AvgIpc) is 2.39. The van der Waals surface area contributed by atoms with Gasteiger partial charge in [-0.3, -0.25) is 4.79 Å². The van der Waals surface area contributed by atoms with Gasteiger partial charge in [0.1, 0.15) is 5.82 Å². The Balaban J connectivity index is 2.03. The maximum atomic E-state index is 13.4. The highest BCUT2D eigenvalue weighted by atomic mass is 19.1. The Morgan fingerprint density at radius 2 is 2.05 bits per heavy atom. The lowest BCUT2D eigenvalue weighted by Crippen LogP contribution is -2.23. The minimum Gasteiger partial charge on any atom is -0.399 e. The molecule has 0 saturated heterocycles. The number of aryl methyl sites for hydroxylation is 1. The number of halogens is 1. The van der Waals surface area contributed by atoms with Crippen LogP contribution in [0.3, 0.4) is 0 Å². The smallest absolute Gasteiger partial charge is 0.251 e. The first-order chi connectivity index (χ1) is 9.06. The summed E-state index contributed by atoms with van der Waals surface area (Å²) in [5.41, 5.74) is 8.03. The zero-order valence-corrected chi connectivity index (χ0v) is 10.6. The number of anilines is 1. The number of hydrogen-bond acceptors (Lipinski definition) is 2. The van der Waals surface area contributed by atoms with Crippen molar-refractivity contribution in [1.82, 2.24) is 5.32 Å². The third-order valence-corrected chi connectivity index (χ3v) is 2.84. The molecule has 4 heteroatoms. The van der Waals surface area contributed by atoms with E-state index in [4.69, 9.17) is 5.73 Å². The van der Waals surface area contributed by atoms with Crippen LogP contribution in [0.25, 0.3) is 0 Å². The second-order valence-electron chi connectivity index (χ2n) is 4.39. The molecular formula is C15H15FN2O. The Bertz CT molecular complexity index is 611. The molecule has 0 radical (unpaired) electrons. The molecule has 0 aromatic heterocycles. The fourth-order valence-electron chi connectivity index (χ4n) is 1.72. The molecule has 0 fully saturated rings. The fourth-order valence-corrected chi connectivity index (χ4v) is 1.72. The van der Waals surface area contributed by atoms with Crippen LogP contribution >= 0.6 is 0 Å². The van der Waals surface area contributed by atoms with Crippen molar-refractivity contribution < 1.29 is 9.18 Å². The molecule has 3 nitrogen and oxygen atoms in total. The molecule has 1 amide bonds. The lowest BCUT2D eigenvalue weighted by atomic mass is 10.1. The Morgan fingerprint density at radius 3 is 2.74 bits per heavy atom. The molecule has 0 aliphatic carbocycles. The number of amides is 1. The Kier molecular flexibility index (Phi) is 3.80. The average molecular weight is 258 g/mol. The van der Waals surface area contributed by atoms with E-state index in [1.54, 1.807) is 31.2 Å². The molecule has 0 spiro atoms. The molecule has 19 heavy (non-hydrogen) atoms. The van der Waals surface area contributed by atoms with E-state index < -0.39 is 0 Å². The van der Waals surface area contributed by atoms with Gasteiger partial charge in [0, 0.05) is 17.8 Å². The maximum absolute atomic E-state index is 13.4. The number of carbonyl (C=O) groups excluding carboxylic acids is 1. The van der Waals surface area contributed by atoms with E-state index in [1.165, 1.54) is 6.07 Å². The summed E-state index contributed by atoms with van der Waals surface area (Å²) in [6.45, 7) is 2.02. The van der Waals surface area contributed by atoms with Crippen molar-refractivity contribution in [2.24, 2.45) is 0 Å². The van der Waals surface area contributed by atoms with E-state index in [0.29, 0.717) is 23.4 Å². The van der Waals surface area contributed by atoms with Gasteiger partial charge in [-0.15, -0.1) is 0 Å². The van der Waals surface area contributed by atoms with Crippen molar-refractivity contribution in [1.29, 1.82) is 0 Å². The van der Waals surface area contributed by atoms with Gasteiger partial charge in [0.25, 0.3) is 5.91 Å². The number of rotatable bonds is 3. The molecule has 0 aliphatic rings. The number of nitrogens with two attached hydrogens (primary N) is 1. The van der Waals surface area contributed by atoms with Gasteiger partial charge in [0.15, 0.2) is 0 Å². The fraction of sp³-hybridized carbons (Fsp3) is 0.133. The summed E-state index contributed by atoms with van der Waals surface area (Å²) in [6.07, 6.45) is 0. The van der Waals surface area contributed by atoms with Gasteiger partial charge in [-0.05, 0) is 42.3 Å². The van der Waals surface area contributed by atoms with E-state index in [0.717, 1.165) is 5.56 Å². The van der Waals surface area contributed by atoms with Gasteiger partial charge in [0.05, 0.1) is 0 Å². The second kappa shape index (κ2) is 5.52. The lowest BCUT2D eigenvalue weighted by molar-refractivity contribution is 0.0950. The summed E-state index contributed by atoms with van der Waals surface area (Å²) >= 11 is 0. The van der Waals surface area contributed by atoms with E-state index in [2.05, 4.69) is 5.32 Å². The standard InChI is InChI=1S/C15H15FN2O/c1-10-5-6-12(8-14(10)16)15(19)18-9-11-3-2-4-13(17)7-11/h2-8H,9,17H2,1H3,(H,18,19). The largest absolute Gasteiger partial charge is 0.399 e. The number of benzene rings is 2. The normalized spacial score (nSPS) is 10.2. The first-order valence-electron chi connectivity index (χ1n) is 5.95. The van der Waals surface area contributed by atoms with Gasteiger partial charge in [-0.2, -0.15) is 0 Å². The van der Waals surface area contributed by atoms with E-state index in [1.807, 2.05) is 12.1 Å². The summed E-state index contributed by atoms with van der Waals surface area (Å²) in [7, 11) is 0. The Morgan fingerprint density at radius 1 is 1.26 bits per heavy atom. The van der Waals surface area contributed by atoms with Crippen LogP contribution in [0.1, 0.15) is 21.5 Å². The highest BCUT2D eigenvalue weighted by Crippen LogP contribution is 2.10. The van der Waals surface area contributed by atoms with E-state index >= 15 is 0 Å². The van der Waals surface area contributed by atoms with Crippen molar-refractivity contribution in [2.45, 2.75) is 13.5 Å². The predicted octanol–water partition coefficient (Wildman–Crippen LogP) is 2.65. The molecule has 2 rings (SSSR count). The minimum absolute atomic E-state index is 0.304. The maximum Gasteiger partial charge on any atom is 0.251 e. The number of carbonyl (C=O) groups is 1. The molecule has 3 N–H and O–H groups in total. The first-order valence-corrected chi connectivity index (χ1v) is 5.95.